The number of aromatic nitrogens is 2. The molecule has 0 unspecified atom stereocenters. The van der Waals surface area contributed by atoms with Gasteiger partial charge in [0, 0.05) is 36.4 Å². The normalized spacial score (nSPS) is 15.7. The number of halogens is 1. The van der Waals surface area contributed by atoms with Gasteiger partial charge < -0.3 is 5.32 Å². The molecule has 0 atom stereocenters. The van der Waals surface area contributed by atoms with Gasteiger partial charge in [0.05, 0.1) is 25.1 Å². The predicted molar refractivity (Wildman–Crippen MR) is 122 cm³/mol. The Kier molecular flexibility index (Phi) is 6.77. The van der Waals surface area contributed by atoms with Crippen molar-refractivity contribution >= 4 is 25.6 Å². The molecule has 32 heavy (non-hydrogen) atoms. The summed E-state index contributed by atoms with van der Waals surface area (Å²) in [5.74, 6) is -0.607. The molecule has 166 valence electrons. The molecule has 2 heterocycles. The van der Waals surface area contributed by atoms with Crippen molar-refractivity contribution in [2.75, 3.05) is 18.5 Å². The first-order valence-electron chi connectivity index (χ1n) is 10.2. The van der Waals surface area contributed by atoms with Gasteiger partial charge in [-0.25, -0.2) is 4.39 Å². The van der Waals surface area contributed by atoms with Gasteiger partial charge in [-0.1, -0.05) is 12.1 Å². The van der Waals surface area contributed by atoms with Gasteiger partial charge in [0.2, 0.25) is 5.91 Å². The lowest BCUT2D eigenvalue weighted by molar-refractivity contribution is -0.111. The van der Waals surface area contributed by atoms with Gasteiger partial charge in [0.15, 0.2) is 6.16 Å². The Labute approximate surface area is 186 Å². The Morgan fingerprint density at radius 1 is 1.19 bits per heavy atom. The second-order valence-electron chi connectivity index (χ2n) is 7.41. The van der Waals surface area contributed by atoms with Crippen LogP contribution in [0.1, 0.15) is 17.5 Å². The average molecular weight is 456 g/mol. The van der Waals surface area contributed by atoms with Crippen molar-refractivity contribution in [2.45, 2.75) is 12.6 Å². The lowest BCUT2D eigenvalue weighted by atomic mass is 10.1. The summed E-state index contributed by atoms with van der Waals surface area (Å²) in [5, 5.41) is 7.05. The number of aryl methyl sites for hydroxylation is 1. The number of carbonyl (C=O) groups is 1. The molecule has 0 aliphatic carbocycles. The summed E-state index contributed by atoms with van der Waals surface area (Å²) < 4.78 is 25.8. The zero-order chi connectivity index (χ0) is 22.6. The predicted octanol–water partition coefficient (Wildman–Crippen LogP) is 4.57. The second-order valence-corrected chi connectivity index (χ2v) is 9.52. The molecule has 1 aliphatic heterocycles. The summed E-state index contributed by atoms with van der Waals surface area (Å²) in [6, 6.07) is 13.3. The molecule has 1 saturated heterocycles. The SMILES string of the molecule is Cn1ncc(/C=C/C(=O)Nc2ccc(C[P+]3(O)OCCCO3)cc2)c1-c1ccc(F)cc1. The van der Waals surface area contributed by atoms with Crippen LogP contribution in [-0.2, 0) is 27.1 Å². The fourth-order valence-corrected chi connectivity index (χ4v) is 5.17. The third kappa shape index (κ3) is 5.47. The van der Waals surface area contributed by atoms with Crippen molar-refractivity contribution in [2.24, 2.45) is 7.05 Å². The maximum atomic E-state index is 13.2. The number of anilines is 1. The van der Waals surface area contributed by atoms with E-state index >= 15 is 0 Å². The second kappa shape index (κ2) is 9.71. The van der Waals surface area contributed by atoms with Crippen LogP contribution in [0, 0.1) is 5.82 Å². The molecule has 0 bridgehead atoms. The van der Waals surface area contributed by atoms with E-state index in [0.29, 0.717) is 25.1 Å². The molecule has 1 aliphatic rings. The van der Waals surface area contributed by atoms with Gasteiger partial charge >= 0.3 is 7.94 Å². The van der Waals surface area contributed by atoms with Crippen LogP contribution in [0.4, 0.5) is 10.1 Å². The van der Waals surface area contributed by atoms with E-state index in [1.165, 1.54) is 18.2 Å². The van der Waals surface area contributed by atoms with E-state index in [4.69, 9.17) is 9.05 Å². The minimum atomic E-state index is -2.83. The minimum Gasteiger partial charge on any atom is -0.323 e. The molecule has 3 aromatic rings. The molecule has 4 rings (SSSR count). The molecule has 1 amide bonds. The molecule has 7 nitrogen and oxygen atoms in total. The summed E-state index contributed by atoms with van der Waals surface area (Å²) in [6.07, 6.45) is 5.85. The molecular weight excluding hydrogens is 432 g/mol. The van der Waals surface area contributed by atoms with Gasteiger partial charge in [-0.3, -0.25) is 9.48 Å². The number of amides is 1. The molecule has 1 aromatic heterocycles. The van der Waals surface area contributed by atoms with Crippen LogP contribution in [0.25, 0.3) is 17.3 Å². The number of carbonyl (C=O) groups excluding carboxylic acids is 1. The fourth-order valence-electron chi connectivity index (χ4n) is 3.41. The standard InChI is InChI=1S/C23H23FN3O4P/c1-27-23(18-5-8-20(24)9-6-18)19(15-25-27)7-12-22(28)26-21-10-3-17(4-11-21)16-32(29)30-13-2-14-31-32/h3-12,15,29H,2,13-14,16H2,1H3/p+1/b12-7+. The first kappa shape index (κ1) is 22.3. The van der Waals surface area contributed by atoms with Crippen LogP contribution in [0.15, 0.2) is 60.8 Å². The van der Waals surface area contributed by atoms with Crippen molar-refractivity contribution in [1.29, 1.82) is 0 Å². The summed E-state index contributed by atoms with van der Waals surface area (Å²) in [4.78, 5) is 22.8. The highest BCUT2D eigenvalue weighted by Gasteiger charge is 2.43. The van der Waals surface area contributed by atoms with Gasteiger partial charge in [-0.15, -0.1) is 0 Å². The number of rotatable bonds is 6. The van der Waals surface area contributed by atoms with E-state index in [0.717, 1.165) is 28.8 Å². The zero-order valence-electron chi connectivity index (χ0n) is 17.6. The van der Waals surface area contributed by atoms with Gasteiger partial charge in [-0.05, 0) is 48.0 Å². The molecule has 1 fully saturated rings. The topological polar surface area (TPSA) is 85.6 Å². The molecule has 0 radical (unpaired) electrons. The smallest absolute Gasteiger partial charge is 0.323 e. The largest absolute Gasteiger partial charge is 0.413 e. The number of hydrogen-bond acceptors (Lipinski definition) is 5. The van der Waals surface area contributed by atoms with E-state index in [9.17, 15) is 14.1 Å². The maximum Gasteiger partial charge on any atom is 0.413 e. The van der Waals surface area contributed by atoms with Crippen LogP contribution in [0.5, 0.6) is 0 Å². The highest BCUT2D eigenvalue weighted by Crippen LogP contribution is 2.61. The summed E-state index contributed by atoms with van der Waals surface area (Å²) in [7, 11) is -1.04. The van der Waals surface area contributed by atoms with E-state index in [2.05, 4.69) is 10.4 Å². The number of benzene rings is 2. The van der Waals surface area contributed by atoms with Crippen molar-refractivity contribution in [3.8, 4) is 11.3 Å². The Bertz CT molecular complexity index is 1110. The van der Waals surface area contributed by atoms with E-state index < -0.39 is 7.94 Å². The number of hydrogen-bond donors (Lipinski definition) is 2. The van der Waals surface area contributed by atoms with Gasteiger partial charge in [0.25, 0.3) is 0 Å². The first-order chi connectivity index (χ1) is 15.4. The van der Waals surface area contributed by atoms with E-state index in [1.807, 2.05) is 12.1 Å². The molecule has 9 heteroatoms. The summed E-state index contributed by atoms with van der Waals surface area (Å²) >= 11 is 0. The maximum absolute atomic E-state index is 13.2. The van der Waals surface area contributed by atoms with Crippen molar-refractivity contribution in [1.82, 2.24) is 9.78 Å². The van der Waals surface area contributed by atoms with Crippen LogP contribution in [0.3, 0.4) is 0 Å². The van der Waals surface area contributed by atoms with Crippen molar-refractivity contribution < 1.29 is 23.1 Å². The van der Waals surface area contributed by atoms with E-state index in [1.54, 1.807) is 48.3 Å². The van der Waals surface area contributed by atoms with Crippen LogP contribution in [-0.4, -0.2) is 33.8 Å². The van der Waals surface area contributed by atoms with Crippen LogP contribution < -0.4 is 5.32 Å². The molecule has 0 spiro atoms. The van der Waals surface area contributed by atoms with Crippen molar-refractivity contribution in [3.05, 3.63) is 77.7 Å². The lowest BCUT2D eigenvalue weighted by Crippen LogP contribution is -2.14. The number of nitrogens with zero attached hydrogens (tertiary/aromatic N) is 2. The first-order valence-corrected chi connectivity index (χ1v) is 11.9. The number of nitrogens with one attached hydrogen (secondary N) is 1. The third-order valence-electron chi connectivity index (χ3n) is 4.98. The van der Waals surface area contributed by atoms with Crippen molar-refractivity contribution in [3.63, 3.8) is 0 Å². The van der Waals surface area contributed by atoms with Crippen LogP contribution >= 0.6 is 7.94 Å². The average Bonchev–Trinajstić information content (AvgIpc) is 3.15. The third-order valence-corrected chi connectivity index (χ3v) is 6.91. The molecule has 0 saturated carbocycles. The van der Waals surface area contributed by atoms with Crippen LogP contribution in [0.2, 0.25) is 0 Å². The molecule has 2 aromatic carbocycles. The van der Waals surface area contributed by atoms with Gasteiger partial charge in [-0.2, -0.15) is 19.0 Å². The Morgan fingerprint density at radius 3 is 2.56 bits per heavy atom. The summed E-state index contributed by atoms with van der Waals surface area (Å²) in [6.45, 7) is 1.01. The highest BCUT2D eigenvalue weighted by molar-refractivity contribution is 7.59. The highest BCUT2D eigenvalue weighted by atomic mass is 31.2. The zero-order valence-corrected chi connectivity index (χ0v) is 18.5. The van der Waals surface area contributed by atoms with Gasteiger partial charge in [0.1, 0.15) is 5.82 Å². The molecular formula is C23H24FN3O4P+. The Morgan fingerprint density at radius 2 is 1.88 bits per heavy atom. The monoisotopic (exact) mass is 456 g/mol. The van der Waals surface area contributed by atoms with E-state index in [-0.39, 0.29) is 11.7 Å². The Hall–Kier alpha value is -2.90. The fraction of sp³-hybridized carbons (Fsp3) is 0.217. The minimum absolute atomic E-state index is 0.295. The lowest BCUT2D eigenvalue weighted by Gasteiger charge is -2.21. The quantitative estimate of drug-likeness (QED) is 0.419. The molecule has 2 N–H and O–H groups in total. The Balaban J connectivity index is 1.39. The summed E-state index contributed by atoms with van der Waals surface area (Å²) in [5.41, 5.74) is 3.83.